The van der Waals surface area contributed by atoms with Crippen LogP contribution in [0.2, 0.25) is 0 Å². The van der Waals surface area contributed by atoms with Crippen molar-refractivity contribution in [3.05, 3.63) is 83.6 Å². The van der Waals surface area contributed by atoms with Crippen LogP contribution in [0.5, 0.6) is 11.5 Å². The Kier molecular flexibility index (Phi) is 6.73. The van der Waals surface area contributed by atoms with Gasteiger partial charge in [0.25, 0.3) is 0 Å². The lowest BCUT2D eigenvalue weighted by Crippen LogP contribution is -2.09. The fourth-order valence-electron chi connectivity index (χ4n) is 3.92. The van der Waals surface area contributed by atoms with Gasteiger partial charge in [0.15, 0.2) is 0 Å². The van der Waals surface area contributed by atoms with E-state index >= 15 is 0 Å². The van der Waals surface area contributed by atoms with Gasteiger partial charge in [-0.1, -0.05) is 18.2 Å². The molecule has 1 N–H and O–H groups in total. The first-order valence-electron chi connectivity index (χ1n) is 11.3. The third-order valence-corrected chi connectivity index (χ3v) is 5.92. The number of hydrogen-bond donors (Lipinski definition) is 1. The number of fused-ring (bicyclic) bond motifs is 1. The summed E-state index contributed by atoms with van der Waals surface area (Å²) in [4.78, 5) is 12.7. The maximum absolute atomic E-state index is 12.7. The summed E-state index contributed by atoms with van der Waals surface area (Å²) in [7, 11) is 1.61. The number of ether oxygens (including phenoxy) is 2. The van der Waals surface area contributed by atoms with E-state index in [0.717, 1.165) is 50.2 Å². The van der Waals surface area contributed by atoms with Gasteiger partial charge < -0.3 is 19.2 Å². The molecule has 0 saturated heterocycles. The summed E-state index contributed by atoms with van der Waals surface area (Å²) in [6.45, 7) is 8.56. The van der Waals surface area contributed by atoms with Crippen molar-refractivity contribution in [2.45, 2.75) is 27.7 Å². The molecule has 5 nitrogen and oxygen atoms in total. The zero-order chi connectivity index (χ0) is 24.2. The predicted octanol–water partition coefficient (Wildman–Crippen LogP) is 7.17. The van der Waals surface area contributed by atoms with E-state index in [9.17, 15) is 4.79 Å². The molecule has 1 heterocycles. The highest BCUT2D eigenvalue weighted by molar-refractivity contribution is 6.05. The molecule has 0 aliphatic rings. The Morgan fingerprint density at radius 3 is 2.47 bits per heavy atom. The first kappa shape index (κ1) is 23.2. The van der Waals surface area contributed by atoms with Crippen LogP contribution in [0.15, 0.2) is 71.4 Å². The number of hydrogen-bond acceptors (Lipinski definition) is 4. The van der Waals surface area contributed by atoms with Crippen molar-refractivity contribution in [3.8, 4) is 22.6 Å². The van der Waals surface area contributed by atoms with E-state index in [1.165, 1.54) is 5.56 Å². The standard InChI is InChI=1S/C29H29NO4/c1-6-33-23-11-8-21(9-12-23)26-17-34-28-16-27(32-5)24(15-25(26)28)20(4)14-29(31)30-22-10-7-18(2)19(3)13-22/h7-17H,6H2,1-5H3,(H,30,31)/b20-14+. The maximum Gasteiger partial charge on any atom is 0.248 e. The molecule has 1 amide bonds. The normalized spacial score (nSPS) is 11.5. The van der Waals surface area contributed by atoms with Crippen molar-refractivity contribution in [3.63, 3.8) is 0 Å². The Morgan fingerprint density at radius 1 is 1.03 bits per heavy atom. The minimum Gasteiger partial charge on any atom is -0.496 e. The highest BCUT2D eigenvalue weighted by Gasteiger charge is 2.15. The summed E-state index contributed by atoms with van der Waals surface area (Å²) in [6.07, 6.45) is 3.34. The quantitative estimate of drug-likeness (QED) is 0.300. The lowest BCUT2D eigenvalue weighted by Gasteiger charge is -2.11. The summed E-state index contributed by atoms with van der Waals surface area (Å²) >= 11 is 0. The molecular formula is C29H29NO4. The molecule has 0 atom stereocenters. The van der Waals surface area contributed by atoms with Crippen LogP contribution in [0.3, 0.4) is 0 Å². The number of amides is 1. The van der Waals surface area contributed by atoms with E-state index in [4.69, 9.17) is 13.9 Å². The summed E-state index contributed by atoms with van der Waals surface area (Å²) < 4.78 is 17.0. The SMILES string of the molecule is CCOc1ccc(-c2coc3cc(OC)c(/C(C)=C/C(=O)Nc4ccc(C)c(C)c4)cc23)cc1. The van der Waals surface area contributed by atoms with Crippen LogP contribution in [0, 0.1) is 13.8 Å². The van der Waals surface area contributed by atoms with E-state index in [-0.39, 0.29) is 5.91 Å². The first-order chi connectivity index (χ1) is 16.4. The highest BCUT2D eigenvalue weighted by atomic mass is 16.5. The van der Waals surface area contributed by atoms with E-state index in [0.29, 0.717) is 12.4 Å². The Hall–Kier alpha value is -3.99. The molecule has 4 rings (SSSR count). The predicted molar refractivity (Wildman–Crippen MR) is 138 cm³/mol. The van der Waals surface area contributed by atoms with Crippen LogP contribution < -0.4 is 14.8 Å². The van der Waals surface area contributed by atoms with Crippen molar-refractivity contribution in [1.82, 2.24) is 0 Å². The largest absolute Gasteiger partial charge is 0.496 e. The van der Waals surface area contributed by atoms with E-state index in [1.807, 2.05) is 82.3 Å². The van der Waals surface area contributed by atoms with E-state index < -0.39 is 0 Å². The van der Waals surface area contributed by atoms with Crippen molar-refractivity contribution >= 4 is 28.1 Å². The smallest absolute Gasteiger partial charge is 0.248 e. The number of furan rings is 1. The van der Waals surface area contributed by atoms with Crippen LogP contribution in [0.4, 0.5) is 5.69 Å². The minimum absolute atomic E-state index is 0.193. The molecule has 0 fully saturated rings. The molecule has 0 bridgehead atoms. The third kappa shape index (κ3) is 4.84. The van der Waals surface area contributed by atoms with Gasteiger partial charge >= 0.3 is 0 Å². The first-order valence-corrected chi connectivity index (χ1v) is 11.3. The van der Waals surface area contributed by atoms with Gasteiger partial charge in [0.05, 0.1) is 20.0 Å². The molecule has 3 aromatic carbocycles. The van der Waals surface area contributed by atoms with Crippen molar-refractivity contribution < 1.29 is 18.7 Å². The number of methoxy groups -OCH3 is 1. The average Bonchev–Trinajstić information content (AvgIpc) is 3.24. The van der Waals surface area contributed by atoms with Crippen LogP contribution in [-0.2, 0) is 4.79 Å². The van der Waals surface area contributed by atoms with E-state index in [1.54, 1.807) is 19.4 Å². The van der Waals surface area contributed by atoms with Gasteiger partial charge in [-0.05, 0) is 80.3 Å². The summed E-state index contributed by atoms with van der Waals surface area (Å²) in [6, 6.07) is 17.7. The van der Waals surface area contributed by atoms with Gasteiger partial charge in [0.1, 0.15) is 17.1 Å². The van der Waals surface area contributed by atoms with E-state index in [2.05, 4.69) is 5.32 Å². The van der Waals surface area contributed by atoms with Gasteiger partial charge in [0, 0.05) is 34.3 Å². The van der Waals surface area contributed by atoms with Crippen LogP contribution in [0.1, 0.15) is 30.5 Å². The van der Waals surface area contributed by atoms with Gasteiger partial charge in [-0.15, -0.1) is 0 Å². The molecule has 4 aromatic rings. The summed E-state index contributed by atoms with van der Waals surface area (Å²) in [5.74, 6) is 1.28. The number of allylic oxidation sites excluding steroid dienone is 1. The fourth-order valence-corrected chi connectivity index (χ4v) is 3.92. The number of anilines is 1. The average molecular weight is 456 g/mol. The number of nitrogens with one attached hydrogen (secondary N) is 1. The molecule has 0 saturated carbocycles. The number of aryl methyl sites for hydroxylation is 2. The Morgan fingerprint density at radius 2 is 1.79 bits per heavy atom. The zero-order valence-electron chi connectivity index (χ0n) is 20.2. The van der Waals surface area contributed by atoms with Crippen LogP contribution in [-0.4, -0.2) is 19.6 Å². The molecule has 0 spiro atoms. The maximum atomic E-state index is 12.7. The molecule has 0 radical (unpaired) electrons. The monoisotopic (exact) mass is 455 g/mol. The lowest BCUT2D eigenvalue weighted by molar-refractivity contribution is -0.111. The molecule has 0 aliphatic carbocycles. The Balaban J connectivity index is 1.67. The molecule has 0 unspecified atom stereocenters. The van der Waals surface area contributed by atoms with Crippen LogP contribution >= 0.6 is 0 Å². The van der Waals surface area contributed by atoms with Crippen LogP contribution in [0.25, 0.3) is 27.7 Å². The Labute approximate surface area is 200 Å². The second kappa shape index (κ2) is 9.87. The number of carbonyl (C=O) groups is 1. The molecular weight excluding hydrogens is 426 g/mol. The van der Waals surface area contributed by atoms with Gasteiger partial charge in [-0.25, -0.2) is 0 Å². The van der Waals surface area contributed by atoms with Gasteiger partial charge in [0.2, 0.25) is 5.91 Å². The second-order valence-electron chi connectivity index (χ2n) is 8.27. The molecule has 174 valence electrons. The van der Waals surface area contributed by atoms with Gasteiger partial charge in [-0.2, -0.15) is 0 Å². The second-order valence-corrected chi connectivity index (χ2v) is 8.27. The van der Waals surface area contributed by atoms with Crippen molar-refractivity contribution in [1.29, 1.82) is 0 Å². The number of rotatable bonds is 7. The van der Waals surface area contributed by atoms with Crippen molar-refractivity contribution in [2.24, 2.45) is 0 Å². The fraction of sp³-hybridized carbons (Fsp3) is 0.207. The minimum atomic E-state index is -0.193. The Bertz CT molecular complexity index is 1360. The molecule has 1 aromatic heterocycles. The molecule has 0 aliphatic heterocycles. The summed E-state index contributed by atoms with van der Waals surface area (Å²) in [5, 5.41) is 3.89. The number of carbonyl (C=O) groups excluding carboxylic acids is 1. The third-order valence-electron chi connectivity index (χ3n) is 5.92. The van der Waals surface area contributed by atoms with Crippen molar-refractivity contribution in [2.75, 3.05) is 19.0 Å². The molecule has 34 heavy (non-hydrogen) atoms. The topological polar surface area (TPSA) is 60.7 Å². The number of benzene rings is 3. The van der Waals surface area contributed by atoms with Gasteiger partial charge in [-0.3, -0.25) is 4.79 Å². The lowest BCUT2D eigenvalue weighted by atomic mass is 9.99. The summed E-state index contributed by atoms with van der Waals surface area (Å²) in [5.41, 5.74) is 7.42. The molecule has 5 heteroatoms. The highest BCUT2D eigenvalue weighted by Crippen LogP contribution is 2.37. The zero-order valence-corrected chi connectivity index (χ0v) is 20.2.